The summed E-state index contributed by atoms with van der Waals surface area (Å²) in [5.41, 5.74) is 0.604. The van der Waals surface area contributed by atoms with Crippen molar-refractivity contribution >= 4 is 23.2 Å². The van der Waals surface area contributed by atoms with Crippen molar-refractivity contribution in [1.29, 1.82) is 0 Å². The average Bonchev–Trinajstić information content (AvgIpc) is 2.98. The molecule has 1 atom stereocenters. The number of carbonyl (C=O) groups is 1. The van der Waals surface area contributed by atoms with Gasteiger partial charge in [0.05, 0.1) is 12.3 Å². The van der Waals surface area contributed by atoms with Gasteiger partial charge >= 0.3 is 0 Å². The maximum absolute atomic E-state index is 12.1. The summed E-state index contributed by atoms with van der Waals surface area (Å²) in [5, 5.41) is 6.76. The van der Waals surface area contributed by atoms with Gasteiger partial charge in [0.25, 0.3) is 0 Å². The molecule has 1 saturated heterocycles. The first-order chi connectivity index (χ1) is 10.7. The predicted molar refractivity (Wildman–Crippen MR) is 87.7 cm³/mol. The van der Waals surface area contributed by atoms with Crippen LogP contribution < -0.4 is 15.4 Å². The smallest absolute Gasteiger partial charge is 0.226 e. The number of benzene rings is 1. The quantitative estimate of drug-likeness (QED) is 0.721. The van der Waals surface area contributed by atoms with Crippen LogP contribution in [0.4, 0.5) is 5.69 Å². The highest BCUT2D eigenvalue weighted by molar-refractivity contribution is 6.31. The average molecular weight is 327 g/mol. The third-order valence-corrected chi connectivity index (χ3v) is 3.73. The first-order valence-electron chi connectivity index (χ1n) is 7.72. The maximum atomic E-state index is 12.1. The molecule has 5 nitrogen and oxygen atoms in total. The summed E-state index contributed by atoms with van der Waals surface area (Å²) < 4.78 is 10.9. The van der Waals surface area contributed by atoms with Gasteiger partial charge in [0, 0.05) is 24.1 Å². The second kappa shape index (κ2) is 8.98. The number of ether oxygens (including phenoxy) is 2. The minimum atomic E-state index is -0.0312. The molecular weight excluding hydrogens is 304 g/mol. The maximum Gasteiger partial charge on any atom is 0.226 e. The van der Waals surface area contributed by atoms with E-state index in [1.807, 2.05) is 6.92 Å². The van der Waals surface area contributed by atoms with Gasteiger partial charge in [-0.25, -0.2) is 0 Å². The molecule has 0 aromatic heterocycles. The van der Waals surface area contributed by atoms with E-state index in [4.69, 9.17) is 21.1 Å². The predicted octanol–water partition coefficient (Wildman–Crippen LogP) is 2.84. The minimum Gasteiger partial charge on any atom is -0.489 e. The monoisotopic (exact) mass is 326 g/mol. The molecule has 0 aliphatic carbocycles. The molecule has 0 bridgehead atoms. The van der Waals surface area contributed by atoms with Crippen molar-refractivity contribution in [2.75, 3.05) is 31.7 Å². The van der Waals surface area contributed by atoms with E-state index >= 15 is 0 Å². The number of halogens is 1. The fraction of sp³-hybridized carbons (Fsp3) is 0.562. The van der Waals surface area contributed by atoms with Crippen LogP contribution in [0.2, 0.25) is 5.02 Å². The highest BCUT2D eigenvalue weighted by atomic mass is 35.5. The van der Waals surface area contributed by atoms with Crippen LogP contribution in [-0.2, 0) is 9.53 Å². The molecule has 2 N–H and O–H groups in total. The molecule has 1 aromatic carbocycles. The Labute approximate surface area is 136 Å². The summed E-state index contributed by atoms with van der Waals surface area (Å²) in [7, 11) is 0. The van der Waals surface area contributed by atoms with Gasteiger partial charge < -0.3 is 20.1 Å². The van der Waals surface area contributed by atoms with Crippen molar-refractivity contribution in [3.63, 3.8) is 0 Å². The fourth-order valence-corrected chi connectivity index (χ4v) is 2.61. The number of amides is 1. The van der Waals surface area contributed by atoms with Gasteiger partial charge in [-0.3, -0.25) is 4.79 Å². The Morgan fingerprint density at radius 2 is 2.32 bits per heavy atom. The summed E-state index contributed by atoms with van der Waals surface area (Å²) in [6.45, 7) is 4.52. The van der Waals surface area contributed by atoms with Gasteiger partial charge in [0.1, 0.15) is 12.4 Å². The molecule has 6 heteroatoms. The van der Waals surface area contributed by atoms with E-state index in [2.05, 4.69) is 10.6 Å². The zero-order chi connectivity index (χ0) is 15.8. The lowest BCUT2D eigenvalue weighted by molar-refractivity contribution is -0.116. The summed E-state index contributed by atoms with van der Waals surface area (Å²) >= 11 is 6.01. The molecule has 122 valence electrons. The second-order valence-electron chi connectivity index (χ2n) is 5.23. The van der Waals surface area contributed by atoms with E-state index in [0.717, 1.165) is 19.4 Å². The lowest BCUT2D eigenvalue weighted by Crippen LogP contribution is -2.27. The molecule has 1 aromatic rings. The number of hydrogen-bond donors (Lipinski definition) is 2. The van der Waals surface area contributed by atoms with E-state index in [1.165, 1.54) is 0 Å². The number of nitrogens with one attached hydrogen (secondary N) is 2. The highest BCUT2D eigenvalue weighted by Crippen LogP contribution is 2.28. The summed E-state index contributed by atoms with van der Waals surface area (Å²) in [4.78, 5) is 12.1. The van der Waals surface area contributed by atoms with Crippen LogP contribution in [0.3, 0.4) is 0 Å². The van der Waals surface area contributed by atoms with Gasteiger partial charge in [-0.1, -0.05) is 11.6 Å². The van der Waals surface area contributed by atoms with E-state index in [0.29, 0.717) is 42.7 Å². The lowest BCUT2D eigenvalue weighted by Gasteiger charge is -2.14. The normalized spacial score (nSPS) is 17.5. The summed E-state index contributed by atoms with van der Waals surface area (Å²) in [6, 6.07) is 5.47. The van der Waals surface area contributed by atoms with Crippen LogP contribution in [0.25, 0.3) is 0 Å². The van der Waals surface area contributed by atoms with Crippen LogP contribution in [0, 0.1) is 0 Å². The van der Waals surface area contributed by atoms with Crippen molar-refractivity contribution in [2.24, 2.45) is 0 Å². The molecule has 0 radical (unpaired) electrons. The van der Waals surface area contributed by atoms with E-state index < -0.39 is 0 Å². The topological polar surface area (TPSA) is 59.6 Å². The molecule has 1 heterocycles. The SMILES string of the molecule is CCOCCOc1ccc(Cl)cc1NC(=O)CC1CCCN1. The van der Waals surface area contributed by atoms with Crippen LogP contribution in [0.1, 0.15) is 26.2 Å². The molecular formula is C16H23ClN2O3. The Kier molecular flexibility index (Phi) is 6.96. The molecule has 1 aliphatic rings. The first-order valence-corrected chi connectivity index (χ1v) is 8.10. The molecule has 1 unspecified atom stereocenters. The van der Waals surface area contributed by atoms with Gasteiger partial charge in [-0.05, 0) is 44.5 Å². The van der Waals surface area contributed by atoms with Crippen LogP contribution in [0.15, 0.2) is 18.2 Å². The number of rotatable bonds is 8. The lowest BCUT2D eigenvalue weighted by atomic mass is 10.1. The Morgan fingerprint density at radius 1 is 1.45 bits per heavy atom. The van der Waals surface area contributed by atoms with Crippen LogP contribution >= 0.6 is 11.6 Å². The van der Waals surface area contributed by atoms with Crippen molar-refractivity contribution in [3.05, 3.63) is 23.2 Å². The van der Waals surface area contributed by atoms with E-state index in [1.54, 1.807) is 18.2 Å². The fourth-order valence-electron chi connectivity index (χ4n) is 2.44. The number of hydrogen-bond acceptors (Lipinski definition) is 4. The minimum absolute atomic E-state index is 0.0312. The molecule has 1 fully saturated rings. The summed E-state index contributed by atoms with van der Waals surface area (Å²) in [6.07, 6.45) is 2.63. The van der Waals surface area contributed by atoms with Crippen molar-refractivity contribution in [2.45, 2.75) is 32.2 Å². The molecule has 2 rings (SSSR count). The van der Waals surface area contributed by atoms with Crippen molar-refractivity contribution in [1.82, 2.24) is 5.32 Å². The standard InChI is InChI=1S/C16H23ClN2O3/c1-2-21-8-9-22-15-6-5-12(17)10-14(15)19-16(20)11-13-4-3-7-18-13/h5-6,10,13,18H,2-4,7-9,11H2,1H3,(H,19,20). The van der Waals surface area contributed by atoms with Gasteiger partial charge in [0.15, 0.2) is 0 Å². The van der Waals surface area contributed by atoms with E-state index in [-0.39, 0.29) is 11.9 Å². The third kappa shape index (κ3) is 5.48. The molecule has 22 heavy (non-hydrogen) atoms. The third-order valence-electron chi connectivity index (χ3n) is 3.50. The Balaban J connectivity index is 1.92. The van der Waals surface area contributed by atoms with Gasteiger partial charge in [-0.2, -0.15) is 0 Å². The Bertz CT molecular complexity index is 490. The molecule has 1 aliphatic heterocycles. The number of anilines is 1. The summed E-state index contributed by atoms with van der Waals surface area (Å²) in [5.74, 6) is 0.577. The van der Waals surface area contributed by atoms with Gasteiger partial charge in [-0.15, -0.1) is 0 Å². The highest BCUT2D eigenvalue weighted by Gasteiger charge is 2.18. The first kappa shape index (κ1) is 17.1. The largest absolute Gasteiger partial charge is 0.489 e. The zero-order valence-corrected chi connectivity index (χ0v) is 13.6. The van der Waals surface area contributed by atoms with Gasteiger partial charge in [0.2, 0.25) is 5.91 Å². The van der Waals surface area contributed by atoms with Crippen LogP contribution in [-0.4, -0.2) is 38.3 Å². The zero-order valence-electron chi connectivity index (χ0n) is 12.9. The molecule has 0 saturated carbocycles. The Hall–Kier alpha value is -1.30. The Morgan fingerprint density at radius 3 is 3.05 bits per heavy atom. The molecule has 0 spiro atoms. The second-order valence-corrected chi connectivity index (χ2v) is 5.67. The molecule has 1 amide bonds. The van der Waals surface area contributed by atoms with Crippen LogP contribution in [0.5, 0.6) is 5.75 Å². The van der Waals surface area contributed by atoms with Crippen molar-refractivity contribution in [3.8, 4) is 5.75 Å². The van der Waals surface area contributed by atoms with Crippen molar-refractivity contribution < 1.29 is 14.3 Å². The van der Waals surface area contributed by atoms with E-state index in [9.17, 15) is 4.79 Å². The number of carbonyl (C=O) groups excluding carboxylic acids is 1.